The minimum atomic E-state index is -0.0770. The van der Waals surface area contributed by atoms with E-state index in [1.165, 1.54) is 0 Å². The number of allylic oxidation sites excluding steroid dienone is 4. The summed E-state index contributed by atoms with van der Waals surface area (Å²) in [7, 11) is 3.67. The van der Waals surface area contributed by atoms with Gasteiger partial charge in [0.2, 0.25) is 0 Å². The zero-order valence-electron chi connectivity index (χ0n) is 16.6. The van der Waals surface area contributed by atoms with Gasteiger partial charge in [0.25, 0.3) is 0 Å². The van der Waals surface area contributed by atoms with Gasteiger partial charge < -0.3 is 9.64 Å². The van der Waals surface area contributed by atoms with Gasteiger partial charge in [0, 0.05) is 43.4 Å². The van der Waals surface area contributed by atoms with Crippen LogP contribution in [-0.4, -0.2) is 32.3 Å². The number of methoxy groups -OCH3 is 1. The average Bonchev–Trinajstić information content (AvgIpc) is 2.85. The highest BCUT2D eigenvalue weighted by Crippen LogP contribution is 2.22. The minimum absolute atomic E-state index is 0.0770. The summed E-state index contributed by atoms with van der Waals surface area (Å²) < 4.78 is 5.31. The molecule has 0 unspecified atom stereocenters. The SMILES string of the molecule is C=C/C=C\C=C(/COC)CN(C)c1ccc2ccc3ncc(Cl)cc3c(=O)c2c1. The van der Waals surface area contributed by atoms with Crippen molar-refractivity contribution in [3.05, 3.63) is 94.3 Å². The number of aromatic nitrogens is 1. The Labute approximate surface area is 175 Å². The Hall–Kier alpha value is -2.95. The zero-order valence-corrected chi connectivity index (χ0v) is 17.3. The van der Waals surface area contributed by atoms with Gasteiger partial charge in [-0.25, -0.2) is 0 Å². The topological polar surface area (TPSA) is 42.4 Å². The molecular formula is C24H23ClN2O2. The van der Waals surface area contributed by atoms with Crippen LogP contribution in [0.3, 0.4) is 0 Å². The number of ether oxygens (including phenoxy) is 1. The maximum atomic E-state index is 13.1. The van der Waals surface area contributed by atoms with Crippen molar-refractivity contribution in [3.8, 4) is 0 Å². The molecule has 1 heterocycles. The first-order valence-corrected chi connectivity index (χ1v) is 9.61. The van der Waals surface area contributed by atoms with Crippen LogP contribution in [0.5, 0.6) is 0 Å². The molecule has 0 saturated heterocycles. The zero-order chi connectivity index (χ0) is 20.8. The van der Waals surface area contributed by atoms with E-state index in [0.29, 0.717) is 34.5 Å². The Morgan fingerprint density at radius 1 is 1.21 bits per heavy atom. The predicted octanol–water partition coefficient (Wildman–Crippen LogP) is 5.15. The summed E-state index contributed by atoms with van der Waals surface area (Å²) in [5, 5.41) is 2.46. The molecular weight excluding hydrogens is 384 g/mol. The second-order valence-electron chi connectivity index (χ2n) is 6.75. The van der Waals surface area contributed by atoms with Crippen LogP contribution >= 0.6 is 11.6 Å². The molecule has 0 bridgehead atoms. The number of nitrogens with zero attached hydrogens (tertiary/aromatic N) is 2. The largest absolute Gasteiger partial charge is 0.380 e. The lowest BCUT2D eigenvalue weighted by Crippen LogP contribution is -2.22. The van der Waals surface area contributed by atoms with Crippen molar-refractivity contribution >= 4 is 39.0 Å². The molecule has 2 aromatic carbocycles. The van der Waals surface area contributed by atoms with Crippen LogP contribution in [0.15, 0.2) is 83.8 Å². The fraction of sp³-hybridized carbons (Fsp3) is 0.167. The minimum Gasteiger partial charge on any atom is -0.380 e. The second-order valence-corrected chi connectivity index (χ2v) is 7.19. The third-order valence-corrected chi connectivity index (χ3v) is 4.83. The van der Waals surface area contributed by atoms with Crippen molar-refractivity contribution in [1.82, 2.24) is 4.98 Å². The normalized spacial score (nSPS) is 12.0. The summed E-state index contributed by atoms with van der Waals surface area (Å²) in [6.07, 6.45) is 9.11. The molecule has 0 N–H and O–H groups in total. The number of hydrogen-bond donors (Lipinski definition) is 0. The molecule has 29 heavy (non-hydrogen) atoms. The molecule has 0 aliphatic carbocycles. The van der Waals surface area contributed by atoms with E-state index in [4.69, 9.17) is 16.3 Å². The molecule has 5 heteroatoms. The molecule has 0 aliphatic rings. The lowest BCUT2D eigenvalue weighted by molar-refractivity contribution is 0.224. The Morgan fingerprint density at radius 3 is 2.76 bits per heavy atom. The van der Waals surface area contributed by atoms with Crippen molar-refractivity contribution in [2.24, 2.45) is 0 Å². The van der Waals surface area contributed by atoms with Gasteiger partial charge in [0.05, 0.1) is 17.1 Å². The van der Waals surface area contributed by atoms with Crippen molar-refractivity contribution in [1.29, 1.82) is 0 Å². The predicted molar refractivity (Wildman–Crippen MR) is 123 cm³/mol. The number of hydrogen-bond acceptors (Lipinski definition) is 4. The fourth-order valence-electron chi connectivity index (χ4n) is 3.20. The molecule has 0 radical (unpaired) electrons. The second kappa shape index (κ2) is 9.50. The molecule has 0 saturated carbocycles. The number of pyridine rings is 1. The highest BCUT2D eigenvalue weighted by Gasteiger charge is 2.09. The molecule has 148 valence electrons. The maximum absolute atomic E-state index is 13.1. The molecule has 0 amide bonds. The van der Waals surface area contributed by atoms with Crippen LogP contribution in [0.4, 0.5) is 5.69 Å². The van der Waals surface area contributed by atoms with Crippen LogP contribution in [0.2, 0.25) is 5.02 Å². The van der Waals surface area contributed by atoms with Crippen LogP contribution < -0.4 is 10.3 Å². The quantitative estimate of drug-likeness (QED) is 0.509. The van der Waals surface area contributed by atoms with Crippen LogP contribution in [0.1, 0.15) is 0 Å². The van der Waals surface area contributed by atoms with E-state index in [-0.39, 0.29) is 5.43 Å². The number of likely N-dealkylation sites (N-methyl/N-ethyl adjacent to an activating group) is 1. The van der Waals surface area contributed by atoms with Gasteiger partial charge in [0.1, 0.15) is 0 Å². The number of anilines is 1. The van der Waals surface area contributed by atoms with Gasteiger partial charge in [-0.2, -0.15) is 0 Å². The third kappa shape index (κ3) is 4.91. The molecule has 1 aromatic heterocycles. The van der Waals surface area contributed by atoms with E-state index < -0.39 is 0 Å². The molecule has 4 nitrogen and oxygen atoms in total. The molecule has 0 spiro atoms. The van der Waals surface area contributed by atoms with Crippen LogP contribution in [0.25, 0.3) is 21.7 Å². The summed E-state index contributed by atoms with van der Waals surface area (Å²) >= 11 is 6.07. The summed E-state index contributed by atoms with van der Waals surface area (Å²) in [4.78, 5) is 19.5. The third-order valence-electron chi connectivity index (χ3n) is 4.62. The van der Waals surface area contributed by atoms with Crippen molar-refractivity contribution in [3.63, 3.8) is 0 Å². The summed E-state index contributed by atoms with van der Waals surface area (Å²) in [5.41, 5.74) is 2.60. The molecule has 3 aromatic rings. The first kappa shape index (κ1) is 20.8. The standard InChI is InChI=1S/C24H23ClN2O2/c1-4-5-6-7-17(16-29-3)15-27(2)20-10-8-18-9-11-23-22(12-19(25)14-26-23)24(28)21(18)13-20/h4-14H,1,15-16H2,2-3H3/b6-5-,17-7-. The van der Waals surface area contributed by atoms with Gasteiger partial charge in [-0.15, -0.1) is 0 Å². The molecule has 0 fully saturated rings. The number of benzene rings is 1. The van der Waals surface area contributed by atoms with Gasteiger partial charge in [-0.1, -0.05) is 54.6 Å². The summed E-state index contributed by atoms with van der Waals surface area (Å²) in [6, 6.07) is 11.3. The highest BCUT2D eigenvalue weighted by atomic mass is 35.5. The Balaban J connectivity index is 2.04. The lowest BCUT2D eigenvalue weighted by Gasteiger charge is -2.21. The van der Waals surface area contributed by atoms with E-state index in [1.54, 1.807) is 25.4 Å². The van der Waals surface area contributed by atoms with Gasteiger partial charge in [-0.05, 0) is 35.2 Å². The molecule has 3 rings (SSSR count). The monoisotopic (exact) mass is 406 g/mol. The van der Waals surface area contributed by atoms with Gasteiger partial charge >= 0.3 is 0 Å². The van der Waals surface area contributed by atoms with Gasteiger partial charge in [0.15, 0.2) is 5.43 Å². The number of rotatable bonds is 7. The summed E-state index contributed by atoms with van der Waals surface area (Å²) in [6.45, 7) is 4.87. The van der Waals surface area contributed by atoms with E-state index in [1.807, 2.05) is 55.6 Å². The Bertz CT molecular complexity index is 1170. The average molecular weight is 407 g/mol. The van der Waals surface area contributed by atoms with Crippen LogP contribution in [0, 0.1) is 0 Å². The smallest absolute Gasteiger partial charge is 0.195 e. The van der Waals surface area contributed by atoms with E-state index in [9.17, 15) is 4.79 Å². The van der Waals surface area contributed by atoms with Crippen LogP contribution in [-0.2, 0) is 4.74 Å². The van der Waals surface area contributed by atoms with Crippen molar-refractivity contribution in [2.75, 3.05) is 32.2 Å². The highest BCUT2D eigenvalue weighted by molar-refractivity contribution is 6.31. The lowest BCUT2D eigenvalue weighted by atomic mass is 10.1. The Morgan fingerprint density at radius 2 is 2.00 bits per heavy atom. The molecule has 0 aliphatic heterocycles. The summed E-state index contributed by atoms with van der Waals surface area (Å²) in [5.74, 6) is 0. The fourth-order valence-corrected chi connectivity index (χ4v) is 3.36. The maximum Gasteiger partial charge on any atom is 0.195 e. The van der Waals surface area contributed by atoms with Crippen molar-refractivity contribution < 1.29 is 4.74 Å². The Kier molecular flexibility index (Phi) is 6.81. The van der Waals surface area contributed by atoms with E-state index in [2.05, 4.69) is 16.5 Å². The van der Waals surface area contributed by atoms with E-state index >= 15 is 0 Å². The van der Waals surface area contributed by atoms with Gasteiger partial charge in [-0.3, -0.25) is 9.78 Å². The van der Waals surface area contributed by atoms with Crippen molar-refractivity contribution in [2.45, 2.75) is 0 Å². The van der Waals surface area contributed by atoms with E-state index in [0.717, 1.165) is 16.6 Å². The molecule has 0 atom stereocenters. The first-order valence-electron chi connectivity index (χ1n) is 9.23. The number of fused-ring (bicyclic) bond motifs is 2. The first-order chi connectivity index (χ1) is 14.0. The number of halogens is 1.